The van der Waals surface area contributed by atoms with E-state index < -0.39 is 0 Å². The summed E-state index contributed by atoms with van der Waals surface area (Å²) < 4.78 is 8.66. The number of nitrogens with zero attached hydrogens (tertiary/aromatic N) is 4. The molecule has 0 aliphatic heterocycles. The summed E-state index contributed by atoms with van der Waals surface area (Å²) in [6, 6.07) is 7.17. The van der Waals surface area contributed by atoms with Crippen LogP contribution in [0.1, 0.15) is 0 Å². The van der Waals surface area contributed by atoms with Crippen molar-refractivity contribution in [2.75, 3.05) is 12.3 Å². The Bertz CT molecular complexity index is 837. The van der Waals surface area contributed by atoms with Gasteiger partial charge >= 0.3 is 0 Å². The molecule has 7 heteroatoms. The summed E-state index contributed by atoms with van der Waals surface area (Å²) in [6.07, 6.45) is 3.04. The second-order valence-electron chi connectivity index (χ2n) is 4.67. The van der Waals surface area contributed by atoms with Gasteiger partial charge in [0, 0.05) is 18.8 Å². The molecule has 0 saturated heterocycles. The molecule has 0 atom stereocenters. The maximum atomic E-state index is 12.2. The molecule has 2 N–H and O–H groups in total. The fourth-order valence-corrected chi connectivity index (χ4v) is 2.09. The van der Waals surface area contributed by atoms with Gasteiger partial charge in [0.1, 0.15) is 24.1 Å². The molecule has 2 heterocycles. The van der Waals surface area contributed by atoms with Crippen molar-refractivity contribution in [2.45, 2.75) is 6.54 Å². The highest BCUT2D eigenvalue weighted by atomic mass is 16.5. The zero-order valence-electron chi connectivity index (χ0n) is 11.6. The number of rotatable bonds is 4. The van der Waals surface area contributed by atoms with Crippen LogP contribution in [0.25, 0.3) is 11.0 Å². The van der Waals surface area contributed by atoms with E-state index in [-0.39, 0.29) is 5.56 Å². The number of anilines is 1. The lowest BCUT2D eigenvalue weighted by molar-refractivity contribution is 0.296. The van der Waals surface area contributed by atoms with Crippen LogP contribution in [-0.2, 0) is 13.6 Å². The lowest BCUT2D eigenvalue weighted by atomic mass is 10.3. The van der Waals surface area contributed by atoms with Crippen molar-refractivity contribution in [1.82, 2.24) is 19.3 Å². The minimum absolute atomic E-state index is 0.121. The Hall–Kier alpha value is -2.83. The number of nitrogens with two attached hydrogens (primary N) is 1. The molecule has 0 aliphatic rings. The topological polar surface area (TPSA) is 88.0 Å². The van der Waals surface area contributed by atoms with E-state index in [1.807, 2.05) is 12.1 Å². The van der Waals surface area contributed by atoms with E-state index in [0.29, 0.717) is 35.6 Å². The zero-order chi connectivity index (χ0) is 14.8. The number of hydrogen-bond donors (Lipinski definition) is 1. The van der Waals surface area contributed by atoms with Gasteiger partial charge in [-0.25, -0.2) is 4.98 Å². The van der Waals surface area contributed by atoms with Crippen molar-refractivity contribution < 1.29 is 4.74 Å². The SMILES string of the molecule is Cn1ncc2c(=O)n(CCOc3cccc(N)c3)cnc21. The molecule has 0 saturated carbocycles. The fourth-order valence-electron chi connectivity index (χ4n) is 2.09. The van der Waals surface area contributed by atoms with Crippen LogP contribution in [0, 0.1) is 0 Å². The Kier molecular flexibility index (Phi) is 3.31. The number of fused-ring (bicyclic) bond motifs is 1. The molecule has 21 heavy (non-hydrogen) atoms. The summed E-state index contributed by atoms with van der Waals surface area (Å²) in [5, 5.41) is 4.53. The van der Waals surface area contributed by atoms with Crippen LogP contribution in [-0.4, -0.2) is 25.9 Å². The standard InChI is InChI=1S/C14H15N5O2/c1-18-13-12(8-17-18)14(20)19(9-16-13)5-6-21-11-4-2-3-10(15)7-11/h2-4,7-9H,5-6,15H2,1H3. The monoisotopic (exact) mass is 285 g/mol. The van der Waals surface area contributed by atoms with E-state index >= 15 is 0 Å². The number of ether oxygens (including phenoxy) is 1. The van der Waals surface area contributed by atoms with E-state index in [1.54, 1.807) is 23.9 Å². The number of aryl methyl sites for hydroxylation is 1. The Balaban J connectivity index is 1.74. The predicted octanol–water partition coefficient (Wildman–Crippen LogP) is 0.791. The van der Waals surface area contributed by atoms with Gasteiger partial charge < -0.3 is 10.5 Å². The first-order valence-corrected chi connectivity index (χ1v) is 6.50. The summed E-state index contributed by atoms with van der Waals surface area (Å²) in [5.74, 6) is 0.679. The molecule has 0 spiro atoms. The van der Waals surface area contributed by atoms with E-state index in [2.05, 4.69) is 10.1 Å². The van der Waals surface area contributed by atoms with Gasteiger partial charge in [0.05, 0.1) is 12.7 Å². The molecule has 7 nitrogen and oxygen atoms in total. The third-order valence-electron chi connectivity index (χ3n) is 3.18. The summed E-state index contributed by atoms with van der Waals surface area (Å²) in [5.41, 5.74) is 6.77. The first-order valence-electron chi connectivity index (χ1n) is 6.50. The lowest BCUT2D eigenvalue weighted by Crippen LogP contribution is -2.23. The number of aromatic nitrogens is 4. The third-order valence-corrected chi connectivity index (χ3v) is 3.18. The third kappa shape index (κ3) is 2.58. The first kappa shape index (κ1) is 13.2. The molecule has 3 aromatic rings. The van der Waals surface area contributed by atoms with Crippen LogP contribution >= 0.6 is 0 Å². The number of benzene rings is 1. The summed E-state index contributed by atoms with van der Waals surface area (Å²) in [7, 11) is 1.75. The molecule has 2 aromatic heterocycles. The molecule has 0 aliphatic carbocycles. The van der Waals surface area contributed by atoms with E-state index in [0.717, 1.165) is 0 Å². The second kappa shape index (κ2) is 5.28. The molecule has 1 aromatic carbocycles. The normalized spacial score (nSPS) is 10.9. The van der Waals surface area contributed by atoms with Crippen LogP contribution in [0.5, 0.6) is 5.75 Å². The molecular weight excluding hydrogens is 270 g/mol. The fraction of sp³-hybridized carbons (Fsp3) is 0.214. The Morgan fingerprint density at radius 3 is 3.05 bits per heavy atom. The number of hydrogen-bond acceptors (Lipinski definition) is 5. The summed E-state index contributed by atoms with van der Waals surface area (Å²) >= 11 is 0. The van der Waals surface area contributed by atoms with Crippen molar-refractivity contribution in [1.29, 1.82) is 0 Å². The second-order valence-corrected chi connectivity index (χ2v) is 4.67. The average Bonchev–Trinajstić information content (AvgIpc) is 2.84. The minimum atomic E-state index is -0.121. The van der Waals surface area contributed by atoms with Crippen LogP contribution < -0.4 is 16.0 Å². The maximum Gasteiger partial charge on any atom is 0.264 e. The quantitative estimate of drug-likeness (QED) is 0.716. The van der Waals surface area contributed by atoms with E-state index in [9.17, 15) is 4.79 Å². The van der Waals surface area contributed by atoms with Gasteiger partial charge in [-0.3, -0.25) is 14.0 Å². The number of nitrogen functional groups attached to an aromatic ring is 1. The summed E-state index contributed by atoms with van der Waals surface area (Å²) in [6.45, 7) is 0.766. The van der Waals surface area contributed by atoms with Gasteiger partial charge in [-0.15, -0.1) is 0 Å². The van der Waals surface area contributed by atoms with Crippen molar-refractivity contribution >= 4 is 16.7 Å². The molecule has 0 fully saturated rings. The van der Waals surface area contributed by atoms with Crippen molar-refractivity contribution in [3.05, 3.63) is 47.1 Å². The highest BCUT2D eigenvalue weighted by molar-refractivity contribution is 5.72. The van der Waals surface area contributed by atoms with Gasteiger partial charge in [-0.2, -0.15) is 5.10 Å². The Morgan fingerprint density at radius 2 is 2.24 bits per heavy atom. The zero-order valence-corrected chi connectivity index (χ0v) is 11.6. The lowest BCUT2D eigenvalue weighted by Gasteiger charge is -2.08. The van der Waals surface area contributed by atoms with E-state index in [4.69, 9.17) is 10.5 Å². The van der Waals surface area contributed by atoms with Gasteiger partial charge in [0.15, 0.2) is 5.65 Å². The highest BCUT2D eigenvalue weighted by Gasteiger charge is 2.07. The van der Waals surface area contributed by atoms with Crippen LogP contribution in [0.15, 0.2) is 41.6 Å². The summed E-state index contributed by atoms with van der Waals surface area (Å²) in [4.78, 5) is 16.5. The van der Waals surface area contributed by atoms with Gasteiger partial charge in [0.2, 0.25) is 0 Å². The molecular formula is C14H15N5O2. The minimum Gasteiger partial charge on any atom is -0.492 e. The molecule has 0 radical (unpaired) electrons. The average molecular weight is 285 g/mol. The predicted molar refractivity (Wildman–Crippen MR) is 79.1 cm³/mol. The Labute approximate surface area is 120 Å². The molecule has 0 bridgehead atoms. The van der Waals surface area contributed by atoms with Crippen molar-refractivity contribution in [3.8, 4) is 5.75 Å². The maximum absolute atomic E-state index is 12.2. The van der Waals surface area contributed by atoms with Crippen LogP contribution in [0.4, 0.5) is 5.69 Å². The van der Waals surface area contributed by atoms with Gasteiger partial charge in [-0.05, 0) is 12.1 Å². The van der Waals surface area contributed by atoms with Gasteiger partial charge in [0.25, 0.3) is 5.56 Å². The largest absolute Gasteiger partial charge is 0.492 e. The van der Waals surface area contributed by atoms with Crippen LogP contribution in [0.2, 0.25) is 0 Å². The molecule has 0 unspecified atom stereocenters. The first-order chi connectivity index (χ1) is 10.1. The van der Waals surface area contributed by atoms with Crippen LogP contribution in [0.3, 0.4) is 0 Å². The molecule has 108 valence electrons. The smallest absolute Gasteiger partial charge is 0.264 e. The van der Waals surface area contributed by atoms with Crippen molar-refractivity contribution in [3.63, 3.8) is 0 Å². The van der Waals surface area contributed by atoms with E-state index in [1.165, 1.54) is 17.1 Å². The Morgan fingerprint density at radius 1 is 1.38 bits per heavy atom. The highest BCUT2D eigenvalue weighted by Crippen LogP contribution is 2.14. The molecule has 0 amide bonds. The van der Waals surface area contributed by atoms with Crippen molar-refractivity contribution in [2.24, 2.45) is 7.05 Å². The van der Waals surface area contributed by atoms with Gasteiger partial charge in [-0.1, -0.05) is 6.07 Å². The molecule has 3 rings (SSSR count).